The summed E-state index contributed by atoms with van der Waals surface area (Å²) in [5, 5.41) is 12.4. The van der Waals surface area contributed by atoms with E-state index in [-0.39, 0.29) is 30.7 Å². The topological polar surface area (TPSA) is 114 Å². The SMILES string of the molecule is CCOC(=O)[C@@]12CCC[C@]1(O)N(NC(=O)OC)C(C)=C2C(=O)OC. The van der Waals surface area contributed by atoms with E-state index in [0.717, 1.165) is 5.01 Å². The predicted molar refractivity (Wildman–Crippen MR) is 80.0 cm³/mol. The summed E-state index contributed by atoms with van der Waals surface area (Å²) in [7, 11) is 2.36. The van der Waals surface area contributed by atoms with Gasteiger partial charge < -0.3 is 19.3 Å². The molecular formula is C15H22N2O7. The first-order chi connectivity index (χ1) is 11.3. The monoisotopic (exact) mass is 342 g/mol. The minimum Gasteiger partial charge on any atom is -0.466 e. The van der Waals surface area contributed by atoms with E-state index in [4.69, 9.17) is 9.47 Å². The second-order valence-corrected chi connectivity index (χ2v) is 5.69. The number of allylic oxidation sites excluding steroid dienone is 1. The Bertz CT molecular complexity index is 603. The number of hydrogen-bond acceptors (Lipinski definition) is 8. The van der Waals surface area contributed by atoms with Crippen LogP contribution >= 0.6 is 0 Å². The Morgan fingerprint density at radius 2 is 1.92 bits per heavy atom. The van der Waals surface area contributed by atoms with Crippen molar-refractivity contribution >= 4 is 18.0 Å². The highest BCUT2D eigenvalue weighted by atomic mass is 16.6. The summed E-state index contributed by atoms with van der Waals surface area (Å²) in [5.74, 6) is -1.48. The van der Waals surface area contributed by atoms with Gasteiger partial charge in [0.25, 0.3) is 0 Å². The predicted octanol–water partition coefficient (Wildman–Crippen LogP) is 0.442. The molecule has 2 N–H and O–H groups in total. The Hall–Kier alpha value is -2.29. The van der Waals surface area contributed by atoms with Crippen LogP contribution < -0.4 is 5.43 Å². The Morgan fingerprint density at radius 3 is 2.46 bits per heavy atom. The average Bonchev–Trinajstić information content (AvgIpc) is 2.98. The molecule has 0 saturated heterocycles. The molecule has 1 saturated carbocycles. The maximum Gasteiger partial charge on any atom is 0.425 e. The smallest absolute Gasteiger partial charge is 0.425 e. The van der Waals surface area contributed by atoms with Crippen LogP contribution in [-0.2, 0) is 23.8 Å². The standard InChI is InChI=1S/C15H22N2O7/c1-5-24-12(19)14-7-6-8-15(14,21)17(16-13(20)23-4)9(2)10(14)11(18)22-3/h21H,5-8H2,1-4H3,(H,16,20)/t14-,15+/m0/s1. The van der Waals surface area contributed by atoms with Crippen molar-refractivity contribution in [3.05, 3.63) is 11.3 Å². The molecule has 2 rings (SSSR count). The molecule has 2 aliphatic rings. The molecule has 0 spiro atoms. The number of ether oxygens (including phenoxy) is 3. The Kier molecular flexibility index (Phi) is 4.75. The van der Waals surface area contributed by atoms with E-state index < -0.39 is 29.2 Å². The van der Waals surface area contributed by atoms with Gasteiger partial charge in [0.1, 0.15) is 0 Å². The van der Waals surface area contributed by atoms with Gasteiger partial charge in [-0.25, -0.2) is 15.0 Å². The van der Waals surface area contributed by atoms with Crippen molar-refractivity contribution in [2.45, 2.75) is 38.8 Å². The lowest BCUT2D eigenvalue weighted by atomic mass is 9.75. The second kappa shape index (κ2) is 6.31. The molecule has 0 radical (unpaired) electrons. The molecule has 0 aromatic heterocycles. The number of rotatable bonds is 4. The van der Waals surface area contributed by atoms with E-state index >= 15 is 0 Å². The molecule has 0 aromatic carbocycles. The number of amides is 1. The van der Waals surface area contributed by atoms with Crippen molar-refractivity contribution in [2.75, 3.05) is 20.8 Å². The lowest BCUT2D eigenvalue weighted by Gasteiger charge is -2.40. The molecule has 1 amide bonds. The van der Waals surface area contributed by atoms with Gasteiger partial charge in [-0.1, -0.05) is 0 Å². The summed E-state index contributed by atoms with van der Waals surface area (Å²) in [6.07, 6.45) is -0.0157. The van der Waals surface area contributed by atoms with Crippen LogP contribution in [0.1, 0.15) is 33.1 Å². The summed E-state index contributed by atoms with van der Waals surface area (Å²) in [4.78, 5) is 36.7. The Balaban J connectivity index is 2.63. The van der Waals surface area contributed by atoms with Gasteiger partial charge in [0.05, 0.1) is 26.4 Å². The highest BCUT2D eigenvalue weighted by Gasteiger charge is 2.71. The van der Waals surface area contributed by atoms with E-state index in [1.54, 1.807) is 6.92 Å². The summed E-state index contributed by atoms with van der Waals surface area (Å²) >= 11 is 0. The van der Waals surface area contributed by atoms with Gasteiger partial charge in [0, 0.05) is 5.70 Å². The zero-order chi connectivity index (χ0) is 18.1. The number of fused-ring (bicyclic) bond motifs is 1. The second-order valence-electron chi connectivity index (χ2n) is 5.69. The van der Waals surface area contributed by atoms with Gasteiger partial charge in [-0.05, 0) is 33.1 Å². The lowest BCUT2D eigenvalue weighted by molar-refractivity contribution is -0.188. The van der Waals surface area contributed by atoms with Crippen LogP contribution in [0.3, 0.4) is 0 Å². The van der Waals surface area contributed by atoms with E-state index in [1.165, 1.54) is 21.1 Å². The normalized spacial score (nSPS) is 28.5. The molecule has 0 aromatic rings. The number of esters is 2. The van der Waals surface area contributed by atoms with Crippen molar-refractivity contribution in [2.24, 2.45) is 5.41 Å². The van der Waals surface area contributed by atoms with Gasteiger partial charge in [0.2, 0.25) is 0 Å². The van der Waals surface area contributed by atoms with Gasteiger partial charge >= 0.3 is 18.0 Å². The maximum atomic E-state index is 12.7. The first-order valence-corrected chi connectivity index (χ1v) is 7.64. The van der Waals surface area contributed by atoms with Crippen LogP contribution in [-0.4, -0.2) is 54.7 Å². The molecule has 0 bridgehead atoms. The van der Waals surface area contributed by atoms with Crippen molar-refractivity contribution in [1.82, 2.24) is 10.4 Å². The summed E-state index contributed by atoms with van der Waals surface area (Å²) in [6, 6.07) is 0. The Labute approximate surface area is 139 Å². The van der Waals surface area contributed by atoms with Crippen LogP contribution in [0.2, 0.25) is 0 Å². The first-order valence-electron chi connectivity index (χ1n) is 7.64. The maximum absolute atomic E-state index is 12.7. The molecule has 9 nitrogen and oxygen atoms in total. The number of aliphatic hydroxyl groups is 1. The molecule has 1 aliphatic carbocycles. The molecule has 0 unspecified atom stereocenters. The fraction of sp³-hybridized carbons (Fsp3) is 0.667. The van der Waals surface area contributed by atoms with Gasteiger partial charge in [-0.2, -0.15) is 0 Å². The van der Waals surface area contributed by atoms with Crippen LogP contribution in [0.5, 0.6) is 0 Å². The van der Waals surface area contributed by atoms with E-state index in [2.05, 4.69) is 10.2 Å². The third kappa shape index (κ3) is 2.22. The highest BCUT2D eigenvalue weighted by Crippen LogP contribution is 2.59. The van der Waals surface area contributed by atoms with Gasteiger partial charge in [-0.3, -0.25) is 9.80 Å². The largest absolute Gasteiger partial charge is 0.466 e. The fourth-order valence-corrected chi connectivity index (χ4v) is 3.70. The molecule has 2 atom stereocenters. The third-order valence-corrected chi connectivity index (χ3v) is 4.66. The number of hydrazine groups is 1. The number of carbonyl (C=O) groups is 3. The van der Waals surface area contributed by atoms with E-state index in [1.807, 2.05) is 0 Å². The molecule has 1 fully saturated rings. The number of carbonyl (C=O) groups excluding carboxylic acids is 3. The van der Waals surface area contributed by atoms with Crippen LogP contribution in [0.25, 0.3) is 0 Å². The van der Waals surface area contributed by atoms with Gasteiger partial charge in [-0.15, -0.1) is 0 Å². The number of nitrogens with one attached hydrogen (secondary N) is 1. The number of methoxy groups -OCH3 is 2. The first kappa shape index (κ1) is 18.1. The minimum absolute atomic E-state index is 0.0140. The van der Waals surface area contributed by atoms with E-state index in [9.17, 15) is 19.5 Å². The van der Waals surface area contributed by atoms with Crippen LogP contribution in [0, 0.1) is 5.41 Å². The summed E-state index contributed by atoms with van der Waals surface area (Å²) < 4.78 is 14.5. The van der Waals surface area contributed by atoms with Crippen LogP contribution in [0.4, 0.5) is 4.79 Å². The minimum atomic E-state index is -1.83. The number of nitrogens with zero attached hydrogens (tertiary/aromatic N) is 1. The molecular weight excluding hydrogens is 320 g/mol. The Morgan fingerprint density at radius 1 is 1.25 bits per heavy atom. The van der Waals surface area contributed by atoms with Crippen molar-refractivity contribution in [1.29, 1.82) is 0 Å². The molecule has 9 heteroatoms. The van der Waals surface area contributed by atoms with E-state index in [0.29, 0.717) is 6.42 Å². The zero-order valence-corrected chi connectivity index (χ0v) is 14.2. The van der Waals surface area contributed by atoms with Crippen molar-refractivity contribution in [3.8, 4) is 0 Å². The average molecular weight is 342 g/mol. The van der Waals surface area contributed by atoms with Gasteiger partial charge in [0.15, 0.2) is 11.1 Å². The fourth-order valence-electron chi connectivity index (χ4n) is 3.70. The summed E-state index contributed by atoms with van der Waals surface area (Å²) in [5.41, 5.74) is -0.890. The third-order valence-electron chi connectivity index (χ3n) is 4.66. The molecule has 1 aliphatic heterocycles. The van der Waals surface area contributed by atoms with Crippen LogP contribution in [0.15, 0.2) is 11.3 Å². The quantitative estimate of drug-likeness (QED) is 0.559. The number of hydrogen-bond donors (Lipinski definition) is 2. The molecule has 134 valence electrons. The van der Waals surface area contributed by atoms with Crippen molar-refractivity contribution in [3.63, 3.8) is 0 Å². The zero-order valence-electron chi connectivity index (χ0n) is 14.2. The highest BCUT2D eigenvalue weighted by molar-refractivity contribution is 6.01. The lowest BCUT2D eigenvalue weighted by Crippen LogP contribution is -2.61. The van der Waals surface area contributed by atoms with Crippen molar-refractivity contribution < 1.29 is 33.7 Å². The molecule has 1 heterocycles. The molecule has 24 heavy (non-hydrogen) atoms. The summed E-state index contributed by atoms with van der Waals surface area (Å²) in [6.45, 7) is 3.24.